The van der Waals surface area contributed by atoms with E-state index in [1.807, 2.05) is 5.51 Å². The van der Waals surface area contributed by atoms with Crippen LogP contribution in [0.25, 0.3) is 12.2 Å². The van der Waals surface area contributed by atoms with Gasteiger partial charge >= 0.3 is 0 Å². The third kappa shape index (κ3) is 1.34. The van der Waals surface area contributed by atoms with Crippen molar-refractivity contribution in [3.63, 3.8) is 0 Å². The van der Waals surface area contributed by atoms with Crippen LogP contribution in [0.15, 0.2) is 17.7 Å². The second-order valence-corrected chi connectivity index (χ2v) is 3.78. The van der Waals surface area contributed by atoms with Gasteiger partial charge in [0.25, 0.3) is 0 Å². The van der Waals surface area contributed by atoms with Gasteiger partial charge in [0.15, 0.2) is 0 Å². The van der Waals surface area contributed by atoms with Crippen molar-refractivity contribution >= 4 is 23.5 Å². The predicted octanol–water partition coefficient (Wildman–Crippen LogP) is 1.30. The molecule has 0 aliphatic heterocycles. The highest BCUT2D eigenvalue weighted by Gasteiger charge is 1.99. The van der Waals surface area contributed by atoms with Gasteiger partial charge in [-0.15, -0.1) is 11.3 Å². The summed E-state index contributed by atoms with van der Waals surface area (Å²) in [6.07, 6.45) is 9.90. The minimum absolute atomic E-state index is 0.560. The monoisotopic (exact) mass is 177 g/mol. The molecular formula is C10H11NS. The number of hydrogen-bond donors (Lipinski definition) is 0. The van der Waals surface area contributed by atoms with Crippen molar-refractivity contribution in [3.05, 3.63) is 27.5 Å². The van der Waals surface area contributed by atoms with Crippen LogP contribution in [0, 0.1) is 5.92 Å². The van der Waals surface area contributed by atoms with E-state index in [-0.39, 0.29) is 0 Å². The topological polar surface area (TPSA) is 12.9 Å². The molecule has 2 heteroatoms. The lowest BCUT2D eigenvalue weighted by molar-refractivity contribution is 0.811. The zero-order valence-electron chi connectivity index (χ0n) is 7.03. The number of allylic oxidation sites excluding steroid dienone is 2. The first-order valence-corrected chi connectivity index (χ1v) is 5.08. The maximum absolute atomic E-state index is 4.31. The van der Waals surface area contributed by atoms with Gasteiger partial charge in [0, 0.05) is 0 Å². The molecule has 1 unspecified atom stereocenters. The Morgan fingerprint density at radius 1 is 1.58 bits per heavy atom. The van der Waals surface area contributed by atoms with E-state index in [0.29, 0.717) is 5.92 Å². The maximum atomic E-state index is 4.31. The molecule has 1 aromatic heterocycles. The van der Waals surface area contributed by atoms with E-state index < -0.39 is 0 Å². The second-order valence-electron chi connectivity index (χ2n) is 2.89. The normalized spacial score (nSPS) is 20.6. The highest BCUT2D eigenvalue weighted by molar-refractivity contribution is 7.07. The van der Waals surface area contributed by atoms with E-state index in [1.54, 1.807) is 11.3 Å². The first-order valence-electron chi connectivity index (χ1n) is 4.20. The molecule has 0 saturated heterocycles. The lowest BCUT2D eigenvalue weighted by Gasteiger charge is -1.98. The molecule has 0 amide bonds. The molecule has 12 heavy (non-hydrogen) atoms. The summed E-state index contributed by atoms with van der Waals surface area (Å²) >= 11 is 1.70. The van der Waals surface area contributed by atoms with Crippen molar-refractivity contribution in [2.24, 2.45) is 5.92 Å². The Morgan fingerprint density at radius 3 is 3.33 bits per heavy atom. The van der Waals surface area contributed by atoms with E-state index in [9.17, 15) is 0 Å². The van der Waals surface area contributed by atoms with Gasteiger partial charge in [0.05, 0.1) is 15.4 Å². The molecule has 1 nitrogen and oxygen atoms in total. The van der Waals surface area contributed by atoms with Crippen LogP contribution in [0.3, 0.4) is 0 Å². The summed E-state index contributed by atoms with van der Waals surface area (Å²) in [5.74, 6) is 0.560. The number of fused-ring (bicyclic) bond motifs is 1. The van der Waals surface area contributed by atoms with Crippen molar-refractivity contribution in [1.82, 2.24) is 4.98 Å². The Kier molecular flexibility index (Phi) is 2.09. The van der Waals surface area contributed by atoms with Crippen LogP contribution in [0.1, 0.15) is 13.3 Å². The van der Waals surface area contributed by atoms with Gasteiger partial charge in [-0.2, -0.15) is 0 Å². The van der Waals surface area contributed by atoms with E-state index in [4.69, 9.17) is 0 Å². The van der Waals surface area contributed by atoms with Gasteiger partial charge in [-0.05, 0) is 18.4 Å². The summed E-state index contributed by atoms with van der Waals surface area (Å²) in [6.45, 7) is 2.20. The molecule has 1 aliphatic rings. The molecule has 0 saturated carbocycles. The third-order valence-electron chi connectivity index (χ3n) is 2.07. The van der Waals surface area contributed by atoms with Gasteiger partial charge in [-0.3, -0.25) is 0 Å². The van der Waals surface area contributed by atoms with Crippen LogP contribution in [-0.4, -0.2) is 4.98 Å². The fraction of sp³-hybridized carbons (Fsp3) is 0.300. The fourth-order valence-electron chi connectivity index (χ4n) is 1.31. The van der Waals surface area contributed by atoms with E-state index in [1.165, 1.54) is 4.53 Å². The van der Waals surface area contributed by atoms with Gasteiger partial charge in [-0.1, -0.05) is 25.2 Å². The highest BCUT2D eigenvalue weighted by atomic mass is 32.1. The molecule has 1 atom stereocenters. The summed E-state index contributed by atoms with van der Waals surface area (Å²) in [6, 6.07) is 0. The molecule has 0 fully saturated rings. The highest BCUT2D eigenvalue weighted by Crippen LogP contribution is 2.06. The molecule has 62 valence electrons. The lowest BCUT2D eigenvalue weighted by Crippen LogP contribution is -2.20. The second kappa shape index (κ2) is 3.23. The van der Waals surface area contributed by atoms with Crippen molar-refractivity contribution in [2.45, 2.75) is 13.3 Å². The van der Waals surface area contributed by atoms with Gasteiger partial charge in [0.1, 0.15) is 0 Å². The van der Waals surface area contributed by atoms with Crippen LogP contribution in [0.5, 0.6) is 0 Å². The lowest BCUT2D eigenvalue weighted by atomic mass is 10.1. The Morgan fingerprint density at radius 2 is 2.50 bits per heavy atom. The first kappa shape index (κ1) is 7.74. The number of aromatic nitrogens is 1. The smallest absolute Gasteiger partial charge is 0.0805 e. The van der Waals surface area contributed by atoms with Crippen LogP contribution in [0.4, 0.5) is 0 Å². The van der Waals surface area contributed by atoms with E-state index in [0.717, 1.165) is 11.8 Å². The van der Waals surface area contributed by atoms with Gasteiger partial charge in [-0.25, -0.2) is 4.98 Å². The molecule has 0 radical (unpaired) electrons. The number of rotatable bonds is 1. The molecule has 1 aliphatic carbocycles. The number of nitrogens with zero attached hydrogens (tertiary/aromatic N) is 1. The zero-order chi connectivity index (χ0) is 8.39. The van der Waals surface area contributed by atoms with Crippen molar-refractivity contribution in [3.8, 4) is 0 Å². The Hall–Kier alpha value is -0.890. The minimum Gasteiger partial charge on any atom is -0.245 e. The maximum Gasteiger partial charge on any atom is 0.0805 e. The van der Waals surface area contributed by atoms with Crippen LogP contribution >= 0.6 is 11.3 Å². The van der Waals surface area contributed by atoms with Gasteiger partial charge < -0.3 is 0 Å². The molecule has 1 aromatic rings. The average molecular weight is 177 g/mol. The molecule has 0 aromatic carbocycles. The van der Waals surface area contributed by atoms with E-state index in [2.05, 4.69) is 36.2 Å². The molecule has 0 bridgehead atoms. The van der Waals surface area contributed by atoms with Crippen molar-refractivity contribution < 1.29 is 0 Å². The number of thiazole rings is 1. The van der Waals surface area contributed by atoms with Crippen molar-refractivity contribution in [1.29, 1.82) is 0 Å². The Bertz CT molecular complexity index is 400. The SMILES string of the molecule is CCC1C=CC=c2scnc2=C1. The summed E-state index contributed by atoms with van der Waals surface area (Å²) in [5.41, 5.74) is 1.91. The Labute approximate surface area is 75.8 Å². The molecule has 2 rings (SSSR count). The summed E-state index contributed by atoms with van der Waals surface area (Å²) in [7, 11) is 0. The predicted molar refractivity (Wildman–Crippen MR) is 53.2 cm³/mol. The zero-order valence-corrected chi connectivity index (χ0v) is 7.84. The average Bonchev–Trinajstić information content (AvgIpc) is 2.43. The number of hydrogen-bond acceptors (Lipinski definition) is 2. The standard InChI is InChI=1S/C10H11NS/c1-2-8-4-3-5-10-9(6-8)11-7-12-10/h3-8H,2H2,1H3. The van der Waals surface area contributed by atoms with Crippen LogP contribution in [-0.2, 0) is 0 Å². The summed E-state index contributed by atoms with van der Waals surface area (Å²) in [4.78, 5) is 4.31. The summed E-state index contributed by atoms with van der Waals surface area (Å²) in [5, 5.41) is 1.15. The third-order valence-corrected chi connectivity index (χ3v) is 2.88. The fourth-order valence-corrected chi connectivity index (χ4v) is 1.99. The van der Waals surface area contributed by atoms with Crippen LogP contribution < -0.4 is 9.88 Å². The van der Waals surface area contributed by atoms with E-state index >= 15 is 0 Å². The largest absolute Gasteiger partial charge is 0.245 e. The van der Waals surface area contributed by atoms with Gasteiger partial charge in [0.2, 0.25) is 0 Å². The summed E-state index contributed by atoms with van der Waals surface area (Å²) < 4.78 is 1.28. The first-order chi connectivity index (χ1) is 5.90. The molecular weight excluding hydrogens is 166 g/mol. The minimum atomic E-state index is 0.560. The molecule has 1 heterocycles. The van der Waals surface area contributed by atoms with Crippen LogP contribution in [0.2, 0.25) is 0 Å². The Balaban J connectivity index is 2.59. The quantitative estimate of drug-likeness (QED) is 0.630. The van der Waals surface area contributed by atoms with Crippen molar-refractivity contribution in [2.75, 3.05) is 0 Å². The molecule has 0 spiro atoms. The molecule has 0 N–H and O–H groups in total.